The highest BCUT2D eigenvalue weighted by Crippen LogP contribution is 2.18. The highest BCUT2D eigenvalue weighted by atomic mass is 16.5. The molecule has 3 rings (SSSR count). The molecule has 0 radical (unpaired) electrons. The summed E-state index contributed by atoms with van der Waals surface area (Å²) in [5.41, 5.74) is 0.553. The van der Waals surface area contributed by atoms with Crippen molar-refractivity contribution in [1.29, 1.82) is 0 Å². The van der Waals surface area contributed by atoms with Crippen molar-refractivity contribution >= 4 is 11.6 Å². The van der Waals surface area contributed by atoms with E-state index in [0.29, 0.717) is 12.2 Å². The number of carbonyl (C=O) groups excluding carboxylic acids is 1. The van der Waals surface area contributed by atoms with E-state index in [4.69, 9.17) is 4.74 Å². The van der Waals surface area contributed by atoms with Crippen LogP contribution in [0.15, 0.2) is 29.2 Å². The molecule has 7 heteroatoms. The number of carbonyl (C=O) groups is 1. The van der Waals surface area contributed by atoms with Gasteiger partial charge >= 0.3 is 11.7 Å². The van der Waals surface area contributed by atoms with E-state index in [-0.39, 0.29) is 17.6 Å². The van der Waals surface area contributed by atoms with E-state index in [9.17, 15) is 9.59 Å². The third kappa shape index (κ3) is 2.89. The van der Waals surface area contributed by atoms with Gasteiger partial charge in [-0.05, 0) is 38.1 Å². The third-order valence-electron chi connectivity index (χ3n) is 4.24. The van der Waals surface area contributed by atoms with E-state index in [1.807, 2.05) is 18.2 Å². The molecule has 0 aromatic carbocycles. The number of pyridine rings is 1. The zero-order chi connectivity index (χ0) is 15.5. The lowest BCUT2D eigenvalue weighted by molar-refractivity contribution is -0.147. The Morgan fingerprint density at radius 3 is 2.77 bits per heavy atom. The predicted octanol–water partition coefficient (Wildman–Crippen LogP) is 0.381. The lowest BCUT2D eigenvalue weighted by atomic mass is 9.97. The average molecular weight is 304 g/mol. The summed E-state index contributed by atoms with van der Waals surface area (Å²) < 4.78 is 7.83. The number of likely N-dealkylation sites (tertiary alicyclic amines) is 1. The fourth-order valence-corrected chi connectivity index (χ4v) is 2.91. The highest BCUT2D eigenvalue weighted by molar-refractivity contribution is 5.72. The first-order valence-electron chi connectivity index (χ1n) is 7.53. The van der Waals surface area contributed by atoms with E-state index in [2.05, 4.69) is 10.00 Å². The fraction of sp³-hybridized carbons (Fsp3) is 0.533. The molecule has 3 heterocycles. The minimum atomic E-state index is -0.115. The number of rotatable bonds is 4. The van der Waals surface area contributed by atoms with Crippen LogP contribution in [0, 0.1) is 5.92 Å². The van der Waals surface area contributed by atoms with Gasteiger partial charge in [-0.3, -0.25) is 9.20 Å². The van der Waals surface area contributed by atoms with Crippen LogP contribution in [0.2, 0.25) is 0 Å². The van der Waals surface area contributed by atoms with E-state index < -0.39 is 0 Å². The topological polar surface area (TPSA) is 68.8 Å². The minimum absolute atomic E-state index is 0.0131. The van der Waals surface area contributed by atoms with Crippen LogP contribution in [0.1, 0.15) is 12.8 Å². The maximum absolute atomic E-state index is 12.2. The van der Waals surface area contributed by atoms with E-state index in [0.717, 1.165) is 32.5 Å². The summed E-state index contributed by atoms with van der Waals surface area (Å²) in [6.45, 7) is 3.02. The normalized spacial score (nSPS) is 17.0. The number of methoxy groups -OCH3 is 1. The molecule has 1 fully saturated rings. The Morgan fingerprint density at radius 2 is 2.09 bits per heavy atom. The smallest absolute Gasteiger partial charge is 0.350 e. The predicted molar refractivity (Wildman–Crippen MR) is 80.6 cm³/mol. The van der Waals surface area contributed by atoms with Crippen LogP contribution >= 0.6 is 0 Å². The highest BCUT2D eigenvalue weighted by Gasteiger charge is 2.25. The zero-order valence-corrected chi connectivity index (χ0v) is 12.6. The van der Waals surface area contributed by atoms with Crippen molar-refractivity contribution < 1.29 is 9.53 Å². The second kappa shape index (κ2) is 6.31. The van der Waals surface area contributed by atoms with Gasteiger partial charge in [-0.1, -0.05) is 6.07 Å². The monoisotopic (exact) mass is 304 g/mol. The zero-order valence-electron chi connectivity index (χ0n) is 12.6. The molecule has 0 unspecified atom stereocenters. The molecule has 0 aliphatic carbocycles. The summed E-state index contributed by atoms with van der Waals surface area (Å²) in [6.07, 6.45) is 3.35. The van der Waals surface area contributed by atoms with Gasteiger partial charge in [-0.25, -0.2) is 9.48 Å². The Morgan fingerprint density at radius 1 is 1.32 bits per heavy atom. The van der Waals surface area contributed by atoms with E-state index in [1.54, 1.807) is 10.6 Å². The van der Waals surface area contributed by atoms with Gasteiger partial charge in [0.2, 0.25) is 0 Å². The summed E-state index contributed by atoms with van der Waals surface area (Å²) in [7, 11) is 1.44. The van der Waals surface area contributed by atoms with Crippen LogP contribution in [0.4, 0.5) is 0 Å². The van der Waals surface area contributed by atoms with Crippen LogP contribution in [0.5, 0.6) is 0 Å². The number of nitrogens with zero attached hydrogens (tertiary/aromatic N) is 4. The summed E-state index contributed by atoms with van der Waals surface area (Å²) in [5, 5.41) is 4.32. The molecule has 118 valence electrons. The minimum Gasteiger partial charge on any atom is -0.469 e. The Bertz CT molecular complexity index is 713. The van der Waals surface area contributed by atoms with Crippen molar-refractivity contribution in [3.8, 4) is 0 Å². The number of hydrogen-bond acceptors (Lipinski definition) is 5. The molecule has 1 aliphatic rings. The van der Waals surface area contributed by atoms with Crippen molar-refractivity contribution in [3.05, 3.63) is 34.9 Å². The molecule has 0 spiro atoms. The number of esters is 1. The van der Waals surface area contributed by atoms with Crippen molar-refractivity contribution in [3.63, 3.8) is 0 Å². The van der Waals surface area contributed by atoms with Crippen LogP contribution in [0.3, 0.4) is 0 Å². The van der Waals surface area contributed by atoms with Gasteiger partial charge in [0.15, 0.2) is 5.65 Å². The standard InChI is InChI=1S/C15H20N4O3/c1-22-14(20)12-5-8-17(9-6-12)10-11-19-15(21)18-7-3-2-4-13(18)16-19/h2-4,7,12H,5-6,8-11H2,1H3. The van der Waals surface area contributed by atoms with Crippen LogP contribution in [-0.2, 0) is 16.1 Å². The summed E-state index contributed by atoms with van der Waals surface area (Å²) in [5.74, 6) is -0.101. The molecule has 0 saturated carbocycles. The Hall–Kier alpha value is -2.15. The van der Waals surface area contributed by atoms with E-state index in [1.165, 1.54) is 11.8 Å². The van der Waals surface area contributed by atoms with Crippen molar-refractivity contribution in [1.82, 2.24) is 19.1 Å². The molecule has 0 amide bonds. The summed E-state index contributed by atoms with van der Waals surface area (Å²) >= 11 is 0. The molecule has 2 aromatic rings. The van der Waals surface area contributed by atoms with E-state index >= 15 is 0 Å². The molecule has 7 nitrogen and oxygen atoms in total. The Labute approximate surface area is 128 Å². The quantitative estimate of drug-likeness (QED) is 0.764. The van der Waals surface area contributed by atoms with Gasteiger partial charge in [0.05, 0.1) is 19.6 Å². The Kier molecular flexibility index (Phi) is 4.24. The SMILES string of the molecule is COC(=O)C1CCN(CCn2nc3ccccn3c2=O)CC1. The van der Waals surface area contributed by atoms with Crippen LogP contribution in [0.25, 0.3) is 5.65 Å². The number of piperidine rings is 1. The largest absolute Gasteiger partial charge is 0.469 e. The van der Waals surface area contributed by atoms with Crippen LogP contribution in [-0.4, -0.2) is 51.8 Å². The molecular weight excluding hydrogens is 284 g/mol. The fourth-order valence-electron chi connectivity index (χ4n) is 2.91. The molecule has 0 bridgehead atoms. The van der Waals surface area contributed by atoms with Gasteiger partial charge in [-0.15, -0.1) is 5.10 Å². The number of aromatic nitrogens is 3. The first-order chi connectivity index (χ1) is 10.7. The first-order valence-corrected chi connectivity index (χ1v) is 7.53. The third-order valence-corrected chi connectivity index (χ3v) is 4.24. The molecule has 2 aromatic heterocycles. The summed E-state index contributed by atoms with van der Waals surface area (Å²) in [4.78, 5) is 25.9. The van der Waals surface area contributed by atoms with Gasteiger partial charge in [-0.2, -0.15) is 0 Å². The van der Waals surface area contributed by atoms with Gasteiger partial charge in [0, 0.05) is 12.7 Å². The Balaban J connectivity index is 1.58. The lowest BCUT2D eigenvalue weighted by Crippen LogP contribution is -2.39. The number of hydrogen-bond donors (Lipinski definition) is 0. The molecular formula is C15H20N4O3. The molecule has 0 N–H and O–H groups in total. The maximum atomic E-state index is 12.2. The molecule has 0 atom stereocenters. The molecule has 1 aliphatic heterocycles. The maximum Gasteiger partial charge on any atom is 0.350 e. The van der Waals surface area contributed by atoms with Crippen molar-refractivity contribution in [2.45, 2.75) is 19.4 Å². The lowest BCUT2D eigenvalue weighted by Gasteiger charge is -2.30. The van der Waals surface area contributed by atoms with Gasteiger partial charge in [0.25, 0.3) is 0 Å². The summed E-state index contributed by atoms with van der Waals surface area (Å²) in [6, 6.07) is 5.50. The second-order valence-electron chi connectivity index (χ2n) is 5.57. The number of fused-ring (bicyclic) bond motifs is 1. The number of ether oxygens (including phenoxy) is 1. The first kappa shape index (κ1) is 14.8. The van der Waals surface area contributed by atoms with Crippen molar-refractivity contribution in [2.24, 2.45) is 5.92 Å². The van der Waals surface area contributed by atoms with Gasteiger partial charge in [0.1, 0.15) is 0 Å². The van der Waals surface area contributed by atoms with Crippen molar-refractivity contribution in [2.75, 3.05) is 26.7 Å². The second-order valence-corrected chi connectivity index (χ2v) is 5.57. The van der Waals surface area contributed by atoms with Crippen LogP contribution < -0.4 is 5.69 Å². The molecule has 1 saturated heterocycles. The average Bonchev–Trinajstić information content (AvgIpc) is 2.89. The van der Waals surface area contributed by atoms with Gasteiger partial charge < -0.3 is 9.64 Å². The molecule has 22 heavy (non-hydrogen) atoms.